The lowest BCUT2D eigenvalue weighted by Crippen LogP contribution is -2.43. The molecule has 0 bridgehead atoms. The van der Waals surface area contributed by atoms with Gasteiger partial charge in [-0.3, -0.25) is 25.2 Å². The molecule has 0 aliphatic heterocycles. The lowest BCUT2D eigenvalue weighted by Gasteiger charge is -2.09. The average molecular weight is 301 g/mol. The smallest absolute Gasteiger partial charge is 0.303 e. The van der Waals surface area contributed by atoms with E-state index in [2.05, 4.69) is 10.9 Å². The second-order valence-electron chi connectivity index (χ2n) is 3.71. The van der Waals surface area contributed by atoms with Crippen LogP contribution in [0, 0.1) is 0 Å². The Morgan fingerprint density at radius 3 is 2.40 bits per heavy atom. The highest BCUT2D eigenvalue weighted by Gasteiger charge is 2.08. The first-order valence-corrected chi connectivity index (χ1v) is 6.03. The Morgan fingerprint density at radius 2 is 1.75 bits per heavy atom. The van der Waals surface area contributed by atoms with Crippen molar-refractivity contribution >= 4 is 29.4 Å². The van der Waals surface area contributed by atoms with Crippen LogP contribution in [0.2, 0.25) is 5.02 Å². The molecule has 0 atom stereocenters. The molecule has 2 amide bonds. The van der Waals surface area contributed by atoms with E-state index in [9.17, 15) is 14.4 Å². The number of carboxylic acids is 1. The van der Waals surface area contributed by atoms with E-state index in [0.717, 1.165) is 0 Å². The molecule has 0 aromatic heterocycles. The van der Waals surface area contributed by atoms with Gasteiger partial charge in [0.05, 0.1) is 11.4 Å². The number of carbonyl (C=O) groups excluding carboxylic acids is 2. The number of carbonyl (C=O) groups is 3. The SMILES string of the molecule is O=C(O)CCC(=O)NNC(=O)COc1ccccc1Cl. The maximum absolute atomic E-state index is 11.4. The summed E-state index contributed by atoms with van der Waals surface area (Å²) in [5.74, 6) is -1.93. The van der Waals surface area contributed by atoms with Crippen molar-refractivity contribution in [2.24, 2.45) is 0 Å². The Kier molecular flexibility index (Phi) is 6.31. The van der Waals surface area contributed by atoms with Gasteiger partial charge in [0.15, 0.2) is 6.61 Å². The first-order chi connectivity index (χ1) is 9.49. The largest absolute Gasteiger partial charge is 0.482 e. The average Bonchev–Trinajstić information content (AvgIpc) is 2.42. The highest BCUT2D eigenvalue weighted by atomic mass is 35.5. The molecule has 1 aromatic carbocycles. The van der Waals surface area contributed by atoms with Gasteiger partial charge < -0.3 is 9.84 Å². The summed E-state index contributed by atoms with van der Waals surface area (Å²) in [5, 5.41) is 8.74. The predicted molar refractivity (Wildman–Crippen MR) is 70.1 cm³/mol. The van der Waals surface area contributed by atoms with Crippen LogP contribution in [0.15, 0.2) is 24.3 Å². The van der Waals surface area contributed by atoms with Crippen molar-refractivity contribution in [3.63, 3.8) is 0 Å². The zero-order valence-electron chi connectivity index (χ0n) is 10.4. The summed E-state index contributed by atoms with van der Waals surface area (Å²) in [6.07, 6.45) is -0.529. The van der Waals surface area contributed by atoms with E-state index in [1.165, 1.54) is 0 Å². The summed E-state index contributed by atoms with van der Waals surface area (Å²) < 4.78 is 5.14. The molecule has 0 fully saturated rings. The van der Waals surface area contributed by atoms with E-state index in [4.69, 9.17) is 21.4 Å². The molecule has 1 aromatic rings. The Morgan fingerprint density at radius 1 is 1.10 bits per heavy atom. The second-order valence-corrected chi connectivity index (χ2v) is 4.12. The number of hydrogen-bond acceptors (Lipinski definition) is 4. The molecule has 0 unspecified atom stereocenters. The summed E-state index contributed by atoms with van der Waals surface area (Å²) >= 11 is 5.82. The van der Waals surface area contributed by atoms with E-state index in [1.54, 1.807) is 24.3 Å². The number of ether oxygens (including phenoxy) is 1. The highest BCUT2D eigenvalue weighted by Crippen LogP contribution is 2.22. The highest BCUT2D eigenvalue weighted by molar-refractivity contribution is 6.32. The second kappa shape index (κ2) is 8.00. The number of hydrazine groups is 1. The summed E-state index contributed by atoms with van der Waals surface area (Å²) in [4.78, 5) is 32.7. The molecule has 108 valence electrons. The van der Waals surface area contributed by atoms with Gasteiger partial charge in [-0.25, -0.2) is 0 Å². The molecule has 0 aliphatic carbocycles. The van der Waals surface area contributed by atoms with Gasteiger partial charge in [0.25, 0.3) is 5.91 Å². The summed E-state index contributed by atoms with van der Waals surface area (Å²) in [7, 11) is 0. The number of amides is 2. The van der Waals surface area contributed by atoms with Gasteiger partial charge in [0.2, 0.25) is 5.91 Å². The molecule has 0 radical (unpaired) electrons. The summed E-state index contributed by atoms with van der Waals surface area (Å²) in [6, 6.07) is 6.63. The molecule has 0 spiro atoms. The molecular weight excluding hydrogens is 288 g/mol. The minimum Gasteiger partial charge on any atom is -0.482 e. The quantitative estimate of drug-likeness (QED) is 0.672. The first kappa shape index (κ1) is 15.8. The fraction of sp³-hybridized carbons (Fsp3) is 0.250. The van der Waals surface area contributed by atoms with Crippen molar-refractivity contribution in [2.75, 3.05) is 6.61 Å². The number of hydrogen-bond donors (Lipinski definition) is 3. The number of carboxylic acid groups (broad SMARTS) is 1. The van der Waals surface area contributed by atoms with Crippen LogP contribution in [0.5, 0.6) is 5.75 Å². The molecule has 0 heterocycles. The summed E-state index contributed by atoms with van der Waals surface area (Å²) in [5.41, 5.74) is 4.17. The van der Waals surface area contributed by atoms with Crippen LogP contribution in [-0.2, 0) is 14.4 Å². The van der Waals surface area contributed by atoms with Crippen LogP contribution in [0.1, 0.15) is 12.8 Å². The Balaban J connectivity index is 2.25. The standard InChI is InChI=1S/C12H13ClN2O5/c13-8-3-1-2-4-9(8)20-7-11(17)15-14-10(16)5-6-12(18)19/h1-4H,5-7H2,(H,14,16)(H,15,17)(H,18,19). The van der Waals surface area contributed by atoms with E-state index >= 15 is 0 Å². The van der Waals surface area contributed by atoms with Gasteiger partial charge in [-0.15, -0.1) is 0 Å². The van der Waals surface area contributed by atoms with Crippen LogP contribution in [-0.4, -0.2) is 29.5 Å². The molecule has 7 nitrogen and oxygen atoms in total. The Hall–Kier alpha value is -2.28. The monoisotopic (exact) mass is 300 g/mol. The van der Waals surface area contributed by atoms with E-state index in [1.807, 2.05) is 0 Å². The van der Waals surface area contributed by atoms with Crippen LogP contribution >= 0.6 is 11.6 Å². The summed E-state index contributed by atoms with van der Waals surface area (Å²) in [6.45, 7) is -0.330. The lowest BCUT2D eigenvalue weighted by molar-refractivity contribution is -0.139. The van der Waals surface area contributed by atoms with Crippen molar-refractivity contribution in [3.05, 3.63) is 29.3 Å². The van der Waals surface area contributed by atoms with Crippen molar-refractivity contribution < 1.29 is 24.2 Å². The van der Waals surface area contributed by atoms with E-state index < -0.39 is 17.8 Å². The Labute approximate surface area is 119 Å². The molecule has 20 heavy (non-hydrogen) atoms. The van der Waals surface area contributed by atoms with E-state index in [0.29, 0.717) is 10.8 Å². The maximum Gasteiger partial charge on any atom is 0.303 e. The van der Waals surface area contributed by atoms with Crippen molar-refractivity contribution in [2.45, 2.75) is 12.8 Å². The van der Waals surface area contributed by atoms with Crippen molar-refractivity contribution in [3.8, 4) is 5.75 Å². The van der Waals surface area contributed by atoms with E-state index in [-0.39, 0.29) is 19.4 Å². The topological polar surface area (TPSA) is 105 Å². The molecule has 0 saturated heterocycles. The van der Waals surface area contributed by atoms with Crippen molar-refractivity contribution in [1.29, 1.82) is 0 Å². The fourth-order valence-electron chi connectivity index (χ4n) is 1.16. The first-order valence-electron chi connectivity index (χ1n) is 5.66. The van der Waals surface area contributed by atoms with Gasteiger partial charge in [0, 0.05) is 6.42 Å². The van der Waals surface area contributed by atoms with Gasteiger partial charge >= 0.3 is 5.97 Å². The van der Waals surface area contributed by atoms with Gasteiger partial charge in [-0.05, 0) is 12.1 Å². The van der Waals surface area contributed by atoms with Gasteiger partial charge in [-0.2, -0.15) is 0 Å². The third-order valence-corrected chi connectivity index (χ3v) is 2.41. The third kappa shape index (κ3) is 6.05. The number of para-hydroxylation sites is 1. The zero-order valence-corrected chi connectivity index (χ0v) is 11.1. The number of aliphatic carboxylic acids is 1. The fourth-order valence-corrected chi connectivity index (χ4v) is 1.35. The van der Waals surface area contributed by atoms with Gasteiger partial charge in [-0.1, -0.05) is 23.7 Å². The molecule has 0 saturated carbocycles. The number of halogens is 1. The number of rotatable bonds is 6. The molecule has 3 N–H and O–H groups in total. The number of benzene rings is 1. The minimum atomic E-state index is -1.09. The van der Waals surface area contributed by atoms with Crippen LogP contribution in [0.4, 0.5) is 0 Å². The molecule has 0 aliphatic rings. The molecule has 8 heteroatoms. The van der Waals surface area contributed by atoms with Crippen molar-refractivity contribution in [1.82, 2.24) is 10.9 Å². The lowest BCUT2D eigenvalue weighted by atomic mass is 10.3. The van der Waals surface area contributed by atoms with Crippen LogP contribution in [0.25, 0.3) is 0 Å². The van der Waals surface area contributed by atoms with Crippen LogP contribution in [0.3, 0.4) is 0 Å². The minimum absolute atomic E-state index is 0.221. The predicted octanol–water partition coefficient (Wildman–Crippen LogP) is 0.731. The van der Waals surface area contributed by atoms with Gasteiger partial charge in [0.1, 0.15) is 5.75 Å². The third-order valence-electron chi connectivity index (χ3n) is 2.10. The maximum atomic E-state index is 11.4. The normalized spacial score (nSPS) is 9.65. The molecular formula is C12H13ClN2O5. The Bertz CT molecular complexity index is 506. The number of nitrogens with one attached hydrogen (secondary N) is 2. The van der Waals surface area contributed by atoms with Crippen LogP contribution < -0.4 is 15.6 Å². The molecule has 1 rings (SSSR count). The zero-order chi connectivity index (χ0) is 15.0.